The predicted octanol–water partition coefficient (Wildman–Crippen LogP) is 4.21. The minimum Gasteiger partial charge on any atom is -0.394 e. The minimum absolute atomic E-state index is 0.255. The van der Waals surface area contributed by atoms with Gasteiger partial charge < -0.3 is 65.1 Å². The van der Waals surface area contributed by atoms with Crippen LogP contribution in [0.5, 0.6) is 0 Å². The number of rotatable bonds is 33. The average molecular weight is 832 g/mol. The second kappa shape index (κ2) is 32.2. The molecule has 12 atom stereocenters. The fourth-order valence-electron chi connectivity index (χ4n) is 7.36. The van der Waals surface area contributed by atoms with E-state index in [0.717, 1.165) is 32.1 Å². The van der Waals surface area contributed by atoms with Crippen molar-refractivity contribution in [3.8, 4) is 0 Å². The molecule has 2 aliphatic heterocycles. The van der Waals surface area contributed by atoms with Crippen molar-refractivity contribution in [2.75, 3.05) is 19.8 Å². The molecule has 2 aliphatic rings. The molecule has 0 aliphatic carbocycles. The van der Waals surface area contributed by atoms with E-state index in [2.05, 4.69) is 31.3 Å². The summed E-state index contributed by atoms with van der Waals surface area (Å²) in [6.45, 7) is 2.71. The number of unbranched alkanes of at least 4 members (excludes halogenated alkanes) is 18. The van der Waals surface area contributed by atoms with Crippen molar-refractivity contribution in [3.05, 3.63) is 24.3 Å². The van der Waals surface area contributed by atoms with E-state index in [1.807, 2.05) is 6.08 Å². The summed E-state index contributed by atoms with van der Waals surface area (Å²) in [4.78, 5) is 13.0. The van der Waals surface area contributed by atoms with Crippen molar-refractivity contribution in [2.45, 2.75) is 229 Å². The maximum atomic E-state index is 13.0. The molecule has 14 heteroatoms. The van der Waals surface area contributed by atoms with Crippen LogP contribution in [0.15, 0.2) is 24.3 Å². The van der Waals surface area contributed by atoms with Gasteiger partial charge in [0.1, 0.15) is 48.8 Å². The number of allylic oxidation sites excluding steroid dienone is 3. The van der Waals surface area contributed by atoms with Gasteiger partial charge in [-0.15, -0.1) is 0 Å². The van der Waals surface area contributed by atoms with Gasteiger partial charge in [0.15, 0.2) is 12.6 Å². The first-order chi connectivity index (χ1) is 28.1. The van der Waals surface area contributed by atoms with Crippen molar-refractivity contribution in [2.24, 2.45) is 0 Å². The van der Waals surface area contributed by atoms with E-state index >= 15 is 0 Å². The molecule has 0 aromatic heterocycles. The number of hydrogen-bond acceptors (Lipinski definition) is 13. The molecule has 2 saturated heterocycles. The molecule has 14 nitrogen and oxygen atoms in total. The molecular weight excluding hydrogens is 750 g/mol. The highest BCUT2D eigenvalue weighted by atomic mass is 16.7. The molecule has 58 heavy (non-hydrogen) atoms. The van der Waals surface area contributed by atoms with Gasteiger partial charge in [-0.25, -0.2) is 0 Å². The number of amides is 1. The first-order valence-corrected chi connectivity index (χ1v) is 22.6. The Morgan fingerprint density at radius 2 is 1.10 bits per heavy atom. The number of hydrogen-bond donors (Lipinski definition) is 9. The van der Waals surface area contributed by atoms with Crippen molar-refractivity contribution in [3.63, 3.8) is 0 Å². The van der Waals surface area contributed by atoms with Crippen molar-refractivity contribution in [1.29, 1.82) is 0 Å². The normalized spacial score (nSPS) is 29.0. The van der Waals surface area contributed by atoms with Crippen LogP contribution in [0.25, 0.3) is 0 Å². The molecule has 340 valence electrons. The Balaban J connectivity index is 1.92. The summed E-state index contributed by atoms with van der Waals surface area (Å²) in [6.07, 6.45) is 15.3. The topological polar surface area (TPSA) is 228 Å². The SMILES string of the molecule is CCCCCCCCCCC/C=C/CC/C=C/C(O)C(COC1OC(CO)C(OC2OC(CO)C(O)C(O)C2O)C(O)C1O)NC(=O)CCCCCCCCCCC. The quantitative estimate of drug-likeness (QED) is 0.0334. The van der Waals surface area contributed by atoms with Crippen LogP contribution in [0.2, 0.25) is 0 Å². The number of carbonyl (C=O) groups is 1. The van der Waals surface area contributed by atoms with Crippen LogP contribution in [-0.4, -0.2) is 140 Å². The van der Waals surface area contributed by atoms with E-state index in [1.165, 1.54) is 89.9 Å². The van der Waals surface area contributed by atoms with E-state index < -0.39 is 86.8 Å². The summed E-state index contributed by atoms with van der Waals surface area (Å²) in [5.74, 6) is -0.255. The number of ether oxygens (including phenoxy) is 4. The monoisotopic (exact) mass is 832 g/mol. The van der Waals surface area contributed by atoms with E-state index in [-0.39, 0.29) is 18.9 Å². The number of aliphatic hydroxyl groups excluding tert-OH is 8. The highest BCUT2D eigenvalue weighted by molar-refractivity contribution is 5.76. The molecule has 0 aromatic carbocycles. The number of carbonyl (C=O) groups excluding carboxylic acids is 1. The lowest BCUT2D eigenvalue weighted by Gasteiger charge is -2.46. The van der Waals surface area contributed by atoms with Gasteiger partial charge in [-0.1, -0.05) is 141 Å². The molecular formula is C44H81NO13. The first kappa shape index (κ1) is 52.6. The Morgan fingerprint density at radius 1 is 0.603 bits per heavy atom. The highest BCUT2D eigenvalue weighted by Gasteiger charge is 2.50. The van der Waals surface area contributed by atoms with Crippen LogP contribution in [0.4, 0.5) is 0 Å². The largest absolute Gasteiger partial charge is 0.394 e. The Labute approximate surface area is 348 Å². The molecule has 1 amide bonds. The van der Waals surface area contributed by atoms with Gasteiger partial charge in [0.2, 0.25) is 5.91 Å². The van der Waals surface area contributed by atoms with Gasteiger partial charge >= 0.3 is 0 Å². The van der Waals surface area contributed by atoms with Crippen LogP contribution in [0.3, 0.4) is 0 Å². The third kappa shape index (κ3) is 20.4. The lowest BCUT2D eigenvalue weighted by molar-refractivity contribution is -0.359. The van der Waals surface area contributed by atoms with Crippen molar-refractivity contribution >= 4 is 5.91 Å². The summed E-state index contributed by atoms with van der Waals surface area (Å²) < 4.78 is 22.6. The van der Waals surface area contributed by atoms with E-state index in [9.17, 15) is 45.6 Å². The molecule has 0 aromatic rings. The molecule has 2 fully saturated rings. The van der Waals surface area contributed by atoms with Crippen LogP contribution in [-0.2, 0) is 23.7 Å². The predicted molar refractivity (Wildman–Crippen MR) is 221 cm³/mol. The Kier molecular flexibility index (Phi) is 29.2. The Bertz CT molecular complexity index is 1080. The van der Waals surface area contributed by atoms with Crippen LogP contribution >= 0.6 is 0 Å². The van der Waals surface area contributed by atoms with Crippen molar-refractivity contribution < 1.29 is 64.6 Å². The van der Waals surface area contributed by atoms with Crippen molar-refractivity contribution in [1.82, 2.24) is 5.32 Å². The Hall–Kier alpha value is -1.53. The molecule has 2 heterocycles. The molecule has 2 rings (SSSR count). The number of aliphatic hydroxyl groups is 8. The van der Waals surface area contributed by atoms with Crippen LogP contribution in [0.1, 0.15) is 155 Å². The summed E-state index contributed by atoms with van der Waals surface area (Å²) in [6, 6.07) is -0.923. The van der Waals surface area contributed by atoms with Crippen LogP contribution in [0, 0.1) is 0 Å². The summed E-state index contributed by atoms with van der Waals surface area (Å²) >= 11 is 0. The lowest BCUT2D eigenvalue weighted by atomic mass is 9.97. The molecule has 0 radical (unpaired) electrons. The molecule has 12 unspecified atom stereocenters. The Morgan fingerprint density at radius 3 is 1.69 bits per heavy atom. The fourth-order valence-corrected chi connectivity index (χ4v) is 7.36. The average Bonchev–Trinajstić information content (AvgIpc) is 3.22. The second-order valence-corrected chi connectivity index (χ2v) is 16.2. The zero-order chi connectivity index (χ0) is 42.5. The molecule has 0 bridgehead atoms. The number of nitrogens with one attached hydrogen (secondary N) is 1. The van der Waals surface area contributed by atoms with Gasteiger partial charge in [0, 0.05) is 6.42 Å². The summed E-state index contributed by atoms with van der Waals surface area (Å²) in [5.41, 5.74) is 0. The second-order valence-electron chi connectivity index (χ2n) is 16.2. The molecule has 0 saturated carbocycles. The third-order valence-corrected chi connectivity index (χ3v) is 11.1. The maximum absolute atomic E-state index is 13.0. The van der Waals surface area contributed by atoms with E-state index in [1.54, 1.807) is 6.08 Å². The zero-order valence-corrected chi connectivity index (χ0v) is 35.5. The van der Waals surface area contributed by atoms with Gasteiger partial charge in [-0.3, -0.25) is 4.79 Å². The van der Waals surface area contributed by atoms with Gasteiger partial charge in [0.05, 0.1) is 32.0 Å². The summed E-state index contributed by atoms with van der Waals surface area (Å²) in [5, 5.41) is 86.3. The van der Waals surface area contributed by atoms with Gasteiger partial charge in [-0.05, 0) is 32.1 Å². The van der Waals surface area contributed by atoms with E-state index in [0.29, 0.717) is 12.8 Å². The standard InChI is InChI=1S/C44H81NO13/c1-3-5-7-9-11-13-14-15-16-17-18-20-21-23-25-27-33(48)32(45-36(49)28-26-24-22-19-12-10-8-6-4-2)31-55-43-41(54)39(52)42(35(30-47)57-43)58-44-40(53)38(51)37(50)34(29-46)56-44/h18,20,25,27,32-35,37-44,46-48,50-54H,3-17,19,21-24,26,28-31H2,1-2H3,(H,45,49)/b20-18+,27-25+. The summed E-state index contributed by atoms with van der Waals surface area (Å²) in [7, 11) is 0. The van der Waals surface area contributed by atoms with Crippen LogP contribution < -0.4 is 5.32 Å². The highest BCUT2D eigenvalue weighted by Crippen LogP contribution is 2.30. The minimum atomic E-state index is -1.79. The smallest absolute Gasteiger partial charge is 0.220 e. The van der Waals surface area contributed by atoms with Gasteiger partial charge in [-0.2, -0.15) is 0 Å². The zero-order valence-electron chi connectivity index (χ0n) is 35.5. The lowest BCUT2D eigenvalue weighted by Crippen LogP contribution is -2.65. The fraction of sp³-hybridized carbons (Fsp3) is 0.886. The van der Waals surface area contributed by atoms with E-state index in [4.69, 9.17) is 18.9 Å². The third-order valence-electron chi connectivity index (χ3n) is 11.1. The van der Waals surface area contributed by atoms with Gasteiger partial charge in [0.25, 0.3) is 0 Å². The molecule has 9 N–H and O–H groups in total. The first-order valence-electron chi connectivity index (χ1n) is 22.6. The molecule has 0 spiro atoms. The maximum Gasteiger partial charge on any atom is 0.220 e.